The Morgan fingerprint density at radius 3 is 2.32 bits per heavy atom. The number of carbonyl (C=O) groups is 3. The molecule has 0 saturated carbocycles. The molecule has 3 N–H and O–H groups in total. The van der Waals surface area contributed by atoms with Gasteiger partial charge in [0.05, 0.1) is 5.56 Å². The number of hydrogen-bond donors (Lipinski definition) is 2. The monoisotopic (exact) mass is 494 g/mol. The highest BCUT2D eigenvalue weighted by atomic mass is 79.9. The molecule has 0 saturated heterocycles. The smallest absolute Gasteiger partial charge is 0.332 e. The minimum atomic E-state index is -1.03. The highest BCUT2D eigenvalue weighted by molar-refractivity contribution is 9.10. The van der Waals surface area contributed by atoms with Crippen LogP contribution in [0, 0.1) is 5.92 Å². The van der Waals surface area contributed by atoms with E-state index in [0.717, 1.165) is 9.13 Å². The number of esters is 1. The van der Waals surface area contributed by atoms with Crippen LogP contribution in [0.15, 0.2) is 38.3 Å². The van der Waals surface area contributed by atoms with Gasteiger partial charge in [0.15, 0.2) is 6.61 Å². The van der Waals surface area contributed by atoms with E-state index in [1.165, 1.54) is 14.1 Å². The van der Waals surface area contributed by atoms with Crippen LogP contribution < -0.4 is 22.3 Å². The number of nitrogen functional groups attached to an aromatic ring is 1. The van der Waals surface area contributed by atoms with E-state index in [-0.39, 0.29) is 11.7 Å². The molecule has 166 valence electrons. The van der Waals surface area contributed by atoms with Crippen LogP contribution in [0.5, 0.6) is 0 Å². The lowest BCUT2D eigenvalue weighted by Crippen LogP contribution is -2.46. The van der Waals surface area contributed by atoms with Gasteiger partial charge in [-0.3, -0.25) is 23.5 Å². The topological polar surface area (TPSA) is 142 Å². The summed E-state index contributed by atoms with van der Waals surface area (Å²) in [4.78, 5) is 61.7. The van der Waals surface area contributed by atoms with Crippen molar-refractivity contribution in [3.8, 4) is 0 Å². The largest absolute Gasteiger partial charge is 0.456 e. The first-order valence-corrected chi connectivity index (χ1v) is 10.1. The molecule has 0 aliphatic rings. The first-order chi connectivity index (χ1) is 14.5. The van der Waals surface area contributed by atoms with Crippen molar-refractivity contribution in [1.29, 1.82) is 0 Å². The summed E-state index contributed by atoms with van der Waals surface area (Å²) in [6.45, 7) is 2.63. The van der Waals surface area contributed by atoms with Crippen LogP contribution in [0.25, 0.3) is 0 Å². The van der Waals surface area contributed by atoms with Crippen molar-refractivity contribution in [2.45, 2.75) is 19.9 Å². The van der Waals surface area contributed by atoms with E-state index in [0.29, 0.717) is 10.0 Å². The number of nitrogens with one attached hydrogen (secondary N) is 1. The quantitative estimate of drug-likeness (QED) is 0.423. The Kier molecular flexibility index (Phi) is 7.55. The van der Waals surface area contributed by atoms with Crippen molar-refractivity contribution in [1.82, 2.24) is 14.5 Å². The van der Waals surface area contributed by atoms with Crippen molar-refractivity contribution in [2.75, 3.05) is 12.3 Å². The first-order valence-electron chi connectivity index (χ1n) is 9.28. The van der Waals surface area contributed by atoms with Gasteiger partial charge >= 0.3 is 11.7 Å². The van der Waals surface area contributed by atoms with Crippen LogP contribution in [0.4, 0.5) is 5.82 Å². The molecule has 0 bridgehead atoms. The number of hydrogen-bond acceptors (Lipinski definition) is 7. The number of amides is 1. The third kappa shape index (κ3) is 5.10. The average Bonchev–Trinajstić information content (AvgIpc) is 2.73. The molecule has 1 amide bonds. The number of benzene rings is 1. The molecule has 1 heterocycles. The molecule has 0 fully saturated rings. The third-order valence-electron chi connectivity index (χ3n) is 4.66. The number of Topliss-reactive ketones (excluding diaryl/α,β-unsaturated/α-hetero) is 1. The molecule has 0 aliphatic heterocycles. The van der Waals surface area contributed by atoms with E-state index in [1.54, 1.807) is 38.1 Å². The summed E-state index contributed by atoms with van der Waals surface area (Å²) in [5.74, 6) is -2.86. The molecular weight excluding hydrogens is 472 g/mol. The van der Waals surface area contributed by atoms with E-state index in [4.69, 9.17) is 10.5 Å². The Labute approximate surface area is 186 Å². The number of nitrogens with two attached hydrogens (primary N) is 1. The van der Waals surface area contributed by atoms with Crippen molar-refractivity contribution in [2.24, 2.45) is 20.0 Å². The van der Waals surface area contributed by atoms with Gasteiger partial charge in [-0.15, -0.1) is 0 Å². The summed E-state index contributed by atoms with van der Waals surface area (Å²) in [6.07, 6.45) is 0. The SMILES string of the molecule is CC(C)C(NC(=O)c1ccccc1Br)C(=O)OCC(=O)c1c(N)n(C)c(=O)n(C)c1=O. The summed E-state index contributed by atoms with van der Waals surface area (Å²) in [5.41, 5.74) is 4.05. The van der Waals surface area contributed by atoms with Crippen LogP contribution in [0.1, 0.15) is 34.6 Å². The Hall–Kier alpha value is -3.21. The molecule has 11 heteroatoms. The molecule has 10 nitrogen and oxygen atoms in total. The Bertz CT molecular complexity index is 1150. The maximum Gasteiger partial charge on any atom is 0.332 e. The lowest BCUT2D eigenvalue weighted by atomic mass is 10.0. The molecular formula is C20H23BrN4O6. The maximum atomic E-state index is 12.6. The Morgan fingerprint density at radius 2 is 1.74 bits per heavy atom. The fraction of sp³-hybridized carbons (Fsp3) is 0.350. The highest BCUT2D eigenvalue weighted by Gasteiger charge is 2.28. The zero-order valence-electron chi connectivity index (χ0n) is 17.5. The number of carbonyl (C=O) groups excluding carboxylic acids is 3. The zero-order chi connectivity index (χ0) is 23.5. The molecule has 1 atom stereocenters. The van der Waals surface area contributed by atoms with E-state index >= 15 is 0 Å². The Morgan fingerprint density at radius 1 is 1.13 bits per heavy atom. The number of ether oxygens (including phenoxy) is 1. The average molecular weight is 495 g/mol. The van der Waals surface area contributed by atoms with E-state index in [9.17, 15) is 24.0 Å². The number of halogens is 1. The maximum absolute atomic E-state index is 12.6. The second kappa shape index (κ2) is 9.73. The van der Waals surface area contributed by atoms with E-state index in [1.807, 2.05) is 0 Å². The lowest BCUT2D eigenvalue weighted by molar-refractivity contribution is -0.145. The first kappa shape index (κ1) is 24.1. The van der Waals surface area contributed by atoms with Gasteiger partial charge in [-0.2, -0.15) is 0 Å². The number of aromatic nitrogens is 2. The minimum absolute atomic E-state index is 0.322. The van der Waals surface area contributed by atoms with Crippen LogP contribution >= 0.6 is 15.9 Å². The van der Waals surface area contributed by atoms with E-state index < -0.39 is 47.1 Å². The molecule has 0 spiro atoms. The summed E-state index contributed by atoms with van der Waals surface area (Å²) < 4.78 is 7.30. The molecule has 2 aromatic rings. The number of ketones is 1. The summed E-state index contributed by atoms with van der Waals surface area (Å²) in [5, 5.41) is 2.59. The van der Waals surface area contributed by atoms with Gasteiger partial charge in [0.1, 0.15) is 17.4 Å². The van der Waals surface area contributed by atoms with Gasteiger partial charge in [0.25, 0.3) is 11.5 Å². The van der Waals surface area contributed by atoms with Gasteiger partial charge in [-0.1, -0.05) is 26.0 Å². The predicted octanol–water partition coefficient (Wildman–Crippen LogP) is 0.609. The predicted molar refractivity (Wildman–Crippen MR) is 117 cm³/mol. The molecule has 1 aromatic heterocycles. The highest BCUT2D eigenvalue weighted by Crippen LogP contribution is 2.16. The minimum Gasteiger partial charge on any atom is -0.456 e. The van der Waals surface area contributed by atoms with Gasteiger partial charge in [0, 0.05) is 18.6 Å². The Balaban J connectivity index is 2.17. The summed E-state index contributed by atoms with van der Waals surface area (Å²) in [6, 6.07) is 5.67. The van der Waals surface area contributed by atoms with E-state index in [2.05, 4.69) is 21.2 Å². The van der Waals surface area contributed by atoms with Crippen molar-refractivity contribution < 1.29 is 19.1 Å². The van der Waals surface area contributed by atoms with Crippen LogP contribution in [-0.2, 0) is 23.6 Å². The van der Waals surface area contributed by atoms with Crippen LogP contribution in [0.3, 0.4) is 0 Å². The van der Waals surface area contributed by atoms with Crippen LogP contribution in [-0.4, -0.2) is 39.4 Å². The van der Waals surface area contributed by atoms with Gasteiger partial charge in [-0.25, -0.2) is 9.59 Å². The molecule has 1 unspecified atom stereocenters. The fourth-order valence-corrected chi connectivity index (χ4v) is 3.25. The second-order valence-corrected chi connectivity index (χ2v) is 8.03. The van der Waals surface area contributed by atoms with Crippen LogP contribution in [0.2, 0.25) is 0 Å². The third-order valence-corrected chi connectivity index (χ3v) is 5.35. The normalized spacial score (nSPS) is 11.8. The number of anilines is 1. The van der Waals surface area contributed by atoms with Gasteiger partial charge in [0.2, 0.25) is 5.78 Å². The molecule has 31 heavy (non-hydrogen) atoms. The molecule has 0 radical (unpaired) electrons. The van der Waals surface area contributed by atoms with Gasteiger partial charge < -0.3 is 15.8 Å². The van der Waals surface area contributed by atoms with Crippen molar-refractivity contribution in [3.05, 3.63) is 60.7 Å². The number of rotatable bonds is 7. The lowest BCUT2D eigenvalue weighted by Gasteiger charge is -2.21. The van der Waals surface area contributed by atoms with Crippen molar-refractivity contribution >= 4 is 39.4 Å². The summed E-state index contributed by atoms with van der Waals surface area (Å²) in [7, 11) is 2.52. The summed E-state index contributed by atoms with van der Waals surface area (Å²) >= 11 is 3.28. The van der Waals surface area contributed by atoms with Gasteiger partial charge in [-0.05, 0) is 34.0 Å². The second-order valence-electron chi connectivity index (χ2n) is 7.17. The number of nitrogens with zero attached hydrogens (tertiary/aromatic N) is 2. The fourth-order valence-electron chi connectivity index (χ4n) is 2.78. The standard InChI is InChI=1S/C20H23BrN4O6/c1-10(2)15(23-17(27)11-7-5-6-8-12(11)21)19(29)31-9-13(26)14-16(22)24(3)20(30)25(4)18(14)28/h5-8,10,15H,9,22H2,1-4H3,(H,23,27). The van der Waals surface area contributed by atoms with Crippen molar-refractivity contribution in [3.63, 3.8) is 0 Å². The molecule has 0 aliphatic carbocycles. The zero-order valence-corrected chi connectivity index (χ0v) is 19.1. The molecule has 1 aromatic carbocycles. The molecule has 2 rings (SSSR count).